The molecule has 0 spiro atoms. The van der Waals surface area contributed by atoms with Crippen molar-refractivity contribution in [1.29, 1.82) is 0 Å². The number of piperazine rings is 1. The van der Waals surface area contributed by atoms with Crippen molar-refractivity contribution < 1.29 is 27.8 Å². The molecule has 4 aromatic carbocycles. The van der Waals surface area contributed by atoms with Crippen molar-refractivity contribution in [3.63, 3.8) is 0 Å². The predicted octanol–water partition coefficient (Wildman–Crippen LogP) is 6.92. The van der Waals surface area contributed by atoms with Crippen LogP contribution in [-0.2, 0) is 29.1 Å². The lowest BCUT2D eigenvalue weighted by Gasteiger charge is -2.40. The number of nitrogens with one attached hydrogen (secondary N) is 1. The van der Waals surface area contributed by atoms with Crippen molar-refractivity contribution in [1.82, 2.24) is 20.0 Å². The second-order valence-corrected chi connectivity index (χ2v) is 13.5. The Hall–Kier alpha value is -4.80. The zero-order valence-corrected chi connectivity index (χ0v) is 29.8. The number of nitrogens with zero attached hydrogens (tertiary/aromatic N) is 3. The van der Waals surface area contributed by atoms with Crippen LogP contribution in [0.15, 0.2) is 97.1 Å². The van der Waals surface area contributed by atoms with Gasteiger partial charge in [-0.25, -0.2) is 13.6 Å². The van der Waals surface area contributed by atoms with Gasteiger partial charge in [-0.05, 0) is 85.6 Å². The van der Waals surface area contributed by atoms with Crippen molar-refractivity contribution in [3.05, 3.63) is 125 Å². The van der Waals surface area contributed by atoms with E-state index in [0.717, 1.165) is 29.8 Å². The summed E-state index contributed by atoms with van der Waals surface area (Å²) in [5, 5.41) is 2.94. The SMILES string of the molecule is CCOc1cccc(F)c1CN1CCN(C(=O)[C@H](NC(=O)OCc2ccccc2)C2CCN(CCc3c(F)cccc3-c3ccccc3)CC2)CC1. The van der Waals surface area contributed by atoms with Crippen LogP contribution in [0.5, 0.6) is 5.75 Å². The van der Waals surface area contributed by atoms with Gasteiger partial charge < -0.3 is 24.6 Å². The lowest BCUT2D eigenvalue weighted by atomic mass is 9.88. The number of alkyl carbamates (subject to hydrolysis) is 1. The fourth-order valence-corrected chi connectivity index (χ4v) is 7.28. The summed E-state index contributed by atoms with van der Waals surface area (Å²) in [4.78, 5) is 33.5. The zero-order chi connectivity index (χ0) is 36.3. The lowest BCUT2D eigenvalue weighted by Crippen LogP contribution is -2.58. The molecule has 8 nitrogen and oxygen atoms in total. The summed E-state index contributed by atoms with van der Waals surface area (Å²) in [5.41, 5.74) is 3.98. The molecule has 0 radical (unpaired) electrons. The molecule has 6 rings (SSSR count). The van der Waals surface area contributed by atoms with Gasteiger partial charge in [0.25, 0.3) is 0 Å². The molecule has 0 unspecified atom stereocenters. The van der Waals surface area contributed by atoms with Crippen LogP contribution in [0.1, 0.15) is 36.5 Å². The number of carbonyl (C=O) groups is 2. The number of carbonyl (C=O) groups excluding carboxylic acids is 2. The molecule has 2 fully saturated rings. The minimum absolute atomic E-state index is 0.0911. The van der Waals surface area contributed by atoms with Crippen molar-refractivity contribution >= 4 is 12.0 Å². The fraction of sp³-hybridized carbons (Fsp3) is 0.381. The quantitative estimate of drug-likeness (QED) is 0.162. The molecule has 2 aliphatic heterocycles. The summed E-state index contributed by atoms with van der Waals surface area (Å²) in [6.45, 7) is 6.99. The van der Waals surface area contributed by atoms with Crippen molar-refractivity contribution in [2.75, 3.05) is 52.4 Å². The Kier molecular flexibility index (Phi) is 12.9. The zero-order valence-electron chi connectivity index (χ0n) is 29.8. The van der Waals surface area contributed by atoms with Crippen LogP contribution in [-0.4, -0.2) is 85.2 Å². The number of hydrogen-bond donors (Lipinski definition) is 1. The maximum Gasteiger partial charge on any atom is 0.408 e. The summed E-state index contributed by atoms with van der Waals surface area (Å²) in [7, 11) is 0. The third-order valence-electron chi connectivity index (χ3n) is 10.2. The van der Waals surface area contributed by atoms with Gasteiger partial charge in [-0.3, -0.25) is 9.69 Å². The Labute approximate surface area is 305 Å². The van der Waals surface area contributed by atoms with E-state index >= 15 is 4.39 Å². The molecule has 2 saturated heterocycles. The number of hydrogen-bond acceptors (Lipinski definition) is 6. The first kappa shape index (κ1) is 37.0. The summed E-state index contributed by atoms with van der Waals surface area (Å²) < 4.78 is 41.1. The largest absolute Gasteiger partial charge is 0.493 e. The van der Waals surface area contributed by atoms with Crippen molar-refractivity contribution in [3.8, 4) is 16.9 Å². The van der Waals surface area contributed by atoms with E-state index in [-0.39, 0.29) is 30.1 Å². The molecule has 10 heteroatoms. The normalized spacial score (nSPS) is 16.3. The Bertz CT molecular complexity index is 1760. The molecular weight excluding hydrogens is 662 g/mol. The van der Waals surface area contributed by atoms with E-state index in [1.165, 1.54) is 12.1 Å². The number of amides is 2. The molecule has 0 aliphatic carbocycles. The Morgan fingerprint density at radius 1 is 0.769 bits per heavy atom. The van der Waals surface area contributed by atoms with Gasteiger partial charge in [0.15, 0.2) is 0 Å². The molecule has 1 N–H and O–H groups in total. The number of ether oxygens (including phenoxy) is 2. The van der Waals surface area contributed by atoms with Gasteiger partial charge in [-0.2, -0.15) is 0 Å². The van der Waals surface area contributed by atoms with Crippen LogP contribution in [0.4, 0.5) is 13.6 Å². The highest BCUT2D eigenvalue weighted by Crippen LogP contribution is 2.29. The highest BCUT2D eigenvalue weighted by atomic mass is 19.1. The minimum atomic E-state index is -0.746. The number of likely N-dealkylation sites (tertiary alicyclic amines) is 1. The average Bonchev–Trinajstić information content (AvgIpc) is 3.18. The van der Waals surface area contributed by atoms with Gasteiger partial charge in [-0.15, -0.1) is 0 Å². The van der Waals surface area contributed by atoms with Crippen molar-refractivity contribution in [2.24, 2.45) is 5.92 Å². The average molecular weight is 711 g/mol. The second kappa shape index (κ2) is 18.1. The molecule has 1 atom stereocenters. The highest BCUT2D eigenvalue weighted by Gasteiger charge is 2.37. The summed E-state index contributed by atoms with van der Waals surface area (Å²) in [6, 6.07) is 28.7. The maximum atomic E-state index is 15.1. The molecule has 274 valence electrons. The summed E-state index contributed by atoms with van der Waals surface area (Å²) in [6.07, 6.45) is 1.34. The third-order valence-corrected chi connectivity index (χ3v) is 10.2. The summed E-state index contributed by atoms with van der Waals surface area (Å²) in [5.74, 6) is -0.194. The van der Waals surface area contributed by atoms with E-state index in [4.69, 9.17) is 9.47 Å². The number of rotatable bonds is 13. The van der Waals surface area contributed by atoms with Crippen LogP contribution in [0.2, 0.25) is 0 Å². The maximum absolute atomic E-state index is 15.1. The Balaban J connectivity index is 1.08. The van der Waals surface area contributed by atoms with E-state index in [2.05, 4.69) is 15.1 Å². The number of benzene rings is 4. The first-order chi connectivity index (χ1) is 25.4. The van der Waals surface area contributed by atoms with E-state index in [0.29, 0.717) is 82.0 Å². The van der Waals surface area contributed by atoms with Crippen LogP contribution >= 0.6 is 0 Å². The van der Waals surface area contributed by atoms with Gasteiger partial charge in [0.05, 0.1) is 6.61 Å². The van der Waals surface area contributed by atoms with E-state index in [9.17, 15) is 14.0 Å². The van der Waals surface area contributed by atoms with Gasteiger partial charge in [0, 0.05) is 44.8 Å². The van der Waals surface area contributed by atoms with Gasteiger partial charge in [0.2, 0.25) is 5.91 Å². The second-order valence-electron chi connectivity index (χ2n) is 13.5. The number of halogens is 2. The van der Waals surface area contributed by atoms with Crippen LogP contribution in [0, 0.1) is 17.6 Å². The van der Waals surface area contributed by atoms with Crippen LogP contribution in [0.25, 0.3) is 11.1 Å². The first-order valence-electron chi connectivity index (χ1n) is 18.3. The molecular formula is C42H48F2N4O4. The minimum Gasteiger partial charge on any atom is -0.493 e. The Morgan fingerprint density at radius 2 is 1.42 bits per heavy atom. The lowest BCUT2D eigenvalue weighted by molar-refractivity contribution is -0.137. The molecule has 4 aromatic rings. The van der Waals surface area contributed by atoms with Gasteiger partial charge >= 0.3 is 6.09 Å². The van der Waals surface area contributed by atoms with Crippen LogP contribution < -0.4 is 10.1 Å². The predicted molar refractivity (Wildman–Crippen MR) is 198 cm³/mol. The third kappa shape index (κ3) is 9.54. The highest BCUT2D eigenvalue weighted by molar-refractivity contribution is 5.86. The topological polar surface area (TPSA) is 74.3 Å². The van der Waals surface area contributed by atoms with E-state index in [1.54, 1.807) is 23.1 Å². The molecule has 0 bridgehead atoms. The van der Waals surface area contributed by atoms with Gasteiger partial charge in [0.1, 0.15) is 30.0 Å². The molecule has 2 amide bonds. The smallest absolute Gasteiger partial charge is 0.408 e. The first-order valence-corrected chi connectivity index (χ1v) is 18.3. The number of piperidine rings is 1. The monoisotopic (exact) mass is 710 g/mol. The van der Waals surface area contributed by atoms with E-state index in [1.807, 2.05) is 73.7 Å². The van der Waals surface area contributed by atoms with Gasteiger partial charge in [-0.1, -0.05) is 78.9 Å². The molecule has 0 aromatic heterocycles. The van der Waals surface area contributed by atoms with E-state index < -0.39 is 12.1 Å². The fourth-order valence-electron chi connectivity index (χ4n) is 7.28. The molecule has 52 heavy (non-hydrogen) atoms. The summed E-state index contributed by atoms with van der Waals surface area (Å²) >= 11 is 0. The van der Waals surface area contributed by atoms with Crippen LogP contribution in [0.3, 0.4) is 0 Å². The molecule has 2 aliphatic rings. The Morgan fingerprint density at radius 3 is 2.12 bits per heavy atom. The standard InChI is InChI=1S/C42H48F2N4O4/c1-2-51-39-18-10-17-38(44)36(39)29-47-25-27-48(28-26-47)41(49)40(45-42(50)52-30-31-11-5-3-6-12-31)33-19-22-46(23-20-33)24-21-35-34(15-9-16-37(35)43)32-13-7-4-8-14-32/h3-18,33,40H,2,19-30H2,1H3,(H,45,50)/t40-/m1/s1. The molecule has 0 saturated carbocycles. The molecule has 2 heterocycles. The van der Waals surface area contributed by atoms with Crippen molar-refractivity contribution in [2.45, 2.75) is 45.4 Å².